The quantitative estimate of drug-likeness (QED) is 0.0265. The van der Waals surface area contributed by atoms with E-state index < -0.39 is 32.5 Å². The first-order chi connectivity index (χ1) is 29.8. The molecule has 0 heterocycles. The first-order valence-corrected chi connectivity index (χ1v) is 25.9. The van der Waals surface area contributed by atoms with Crippen molar-refractivity contribution < 1.29 is 37.6 Å². The van der Waals surface area contributed by atoms with Crippen LogP contribution in [-0.2, 0) is 32.7 Å². The predicted molar refractivity (Wildman–Crippen MR) is 256 cm³/mol. The minimum Gasteiger partial charge on any atom is -0.462 e. The van der Waals surface area contributed by atoms with E-state index in [0.717, 1.165) is 70.6 Å². The average Bonchev–Trinajstić information content (AvgIpc) is 3.25. The Kier molecular flexibility index (Phi) is 45.0. The molecule has 0 fully saturated rings. The molecule has 0 amide bonds. The Labute approximate surface area is 373 Å². The van der Waals surface area contributed by atoms with E-state index in [1.807, 2.05) is 0 Å². The lowest BCUT2D eigenvalue weighted by atomic mass is 10.1. The van der Waals surface area contributed by atoms with Gasteiger partial charge in [-0.3, -0.25) is 18.6 Å². The van der Waals surface area contributed by atoms with Crippen LogP contribution in [0.15, 0.2) is 72.9 Å². The van der Waals surface area contributed by atoms with E-state index in [2.05, 4.69) is 86.8 Å². The molecule has 2 atom stereocenters. The zero-order valence-corrected chi connectivity index (χ0v) is 39.8. The Bertz CT molecular complexity index is 1230. The molecule has 9 nitrogen and oxygen atoms in total. The number of carbonyl (C=O) groups excluding carboxylic acids is 2. The summed E-state index contributed by atoms with van der Waals surface area (Å²) in [5, 5.41) is 0. The molecule has 3 N–H and O–H groups in total. The molecule has 0 bridgehead atoms. The highest BCUT2D eigenvalue weighted by Crippen LogP contribution is 2.43. The van der Waals surface area contributed by atoms with Gasteiger partial charge in [0.05, 0.1) is 13.2 Å². The van der Waals surface area contributed by atoms with Gasteiger partial charge in [-0.15, -0.1) is 0 Å². The minimum absolute atomic E-state index is 0.0442. The van der Waals surface area contributed by atoms with Gasteiger partial charge in [0.1, 0.15) is 6.61 Å². The van der Waals surface area contributed by atoms with E-state index in [9.17, 15) is 19.0 Å². The molecule has 0 saturated heterocycles. The number of ether oxygens (including phenoxy) is 2. The monoisotopic (exact) mass is 876 g/mol. The minimum atomic E-state index is -4.39. The summed E-state index contributed by atoms with van der Waals surface area (Å²) in [6.45, 7) is 3.58. The second-order valence-electron chi connectivity index (χ2n) is 15.9. The van der Waals surface area contributed by atoms with Crippen LogP contribution in [0.1, 0.15) is 206 Å². The number of esters is 2. The molecule has 0 spiro atoms. The van der Waals surface area contributed by atoms with Gasteiger partial charge in [0.2, 0.25) is 0 Å². The van der Waals surface area contributed by atoms with Crippen molar-refractivity contribution in [3.63, 3.8) is 0 Å². The SMILES string of the molecule is CC/C=C\C/C=C\C/C=C\C/C=C\C/C=C\CCCCCC(=O)OC(COC(=O)CCCCCCCCCCC/C=C\CCCCCCCCCC)COP(=O)(O)OCCN. The van der Waals surface area contributed by atoms with E-state index >= 15 is 0 Å². The normalized spacial score (nSPS) is 13.8. The van der Waals surface area contributed by atoms with Crippen molar-refractivity contribution in [1.29, 1.82) is 0 Å². The standard InChI is InChI=1S/C51H90NO8P/c1-3-5-7-9-11-13-15-17-19-21-23-24-26-27-29-31-33-35-37-39-41-43-50(53)57-47-49(48-59-61(55,56)58-46-45-52)60-51(54)44-42-40-38-36-34-32-30-28-25-22-20-18-16-14-12-10-8-6-4-2/h6,8,12,14,18,20-21,23,25,28,32,34,49H,3-5,7,9-11,13,15-17,19,22,24,26-27,29-31,33,35-48,52H2,1-2H3,(H,55,56)/b8-6-,14-12-,20-18-,23-21-,28-25-,34-32-. The van der Waals surface area contributed by atoms with Crippen LogP contribution in [0, 0.1) is 0 Å². The molecule has 0 radical (unpaired) electrons. The van der Waals surface area contributed by atoms with Crippen molar-refractivity contribution in [2.45, 2.75) is 213 Å². The summed E-state index contributed by atoms with van der Waals surface area (Å²) in [6, 6.07) is 0. The van der Waals surface area contributed by atoms with Crippen LogP contribution in [0.2, 0.25) is 0 Å². The van der Waals surface area contributed by atoms with Gasteiger partial charge in [-0.2, -0.15) is 0 Å². The van der Waals surface area contributed by atoms with Gasteiger partial charge in [0.25, 0.3) is 0 Å². The van der Waals surface area contributed by atoms with Gasteiger partial charge in [-0.1, -0.05) is 183 Å². The number of allylic oxidation sites excluding steroid dienone is 12. The van der Waals surface area contributed by atoms with Crippen LogP contribution in [0.3, 0.4) is 0 Å². The van der Waals surface area contributed by atoms with Gasteiger partial charge in [-0.05, 0) is 83.5 Å². The predicted octanol–water partition coefficient (Wildman–Crippen LogP) is 14.6. The zero-order chi connectivity index (χ0) is 44.6. The smallest absolute Gasteiger partial charge is 0.462 e. The summed E-state index contributed by atoms with van der Waals surface area (Å²) < 4.78 is 32.9. The third-order valence-corrected chi connectivity index (χ3v) is 11.1. The molecule has 0 rings (SSSR count). The number of hydrogen-bond acceptors (Lipinski definition) is 8. The topological polar surface area (TPSA) is 134 Å². The summed E-state index contributed by atoms with van der Waals surface area (Å²) in [4.78, 5) is 35.0. The summed E-state index contributed by atoms with van der Waals surface area (Å²) in [5.41, 5.74) is 5.36. The maximum Gasteiger partial charge on any atom is 0.472 e. The summed E-state index contributed by atoms with van der Waals surface area (Å²) >= 11 is 0. The van der Waals surface area contributed by atoms with Crippen LogP contribution in [0.5, 0.6) is 0 Å². The van der Waals surface area contributed by atoms with Crippen molar-refractivity contribution in [3.05, 3.63) is 72.9 Å². The van der Waals surface area contributed by atoms with Crippen LogP contribution < -0.4 is 5.73 Å². The van der Waals surface area contributed by atoms with Crippen molar-refractivity contribution in [3.8, 4) is 0 Å². The van der Waals surface area contributed by atoms with Gasteiger partial charge < -0.3 is 20.1 Å². The Morgan fingerprint density at radius 1 is 0.508 bits per heavy atom. The number of rotatable bonds is 45. The first kappa shape index (κ1) is 58.5. The maximum absolute atomic E-state index is 12.6. The molecule has 0 aliphatic rings. The fourth-order valence-corrected chi connectivity index (χ4v) is 7.24. The van der Waals surface area contributed by atoms with E-state index in [-0.39, 0.29) is 32.6 Å². The van der Waals surface area contributed by atoms with Gasteiger partial charge in [0, 0.05) is 19.4 Å². The molecule has 352 valence electrons. The number of phosphoric acid groups is 1. The van der Waals surface area contributed by atoms with Crippen molar-refractivity contribution in [2.24, 2.45) is 5.73 Å². The number of hydrogen-bond donors (Lipinski definition) is 2. The Morgan fingerprint density at radius 3 is 1.38 bits per heavy atom. The number of phosphoric ester groups is 1. The zero-order valence-electron chi connectivity index (χ0n) is 38.9. The van der Waals surface area contributed by atoms with E-state index in [1.54, 1.807) is 0 Å². The highest BCUT2D eigenvalue weighted by molar-refractivity contribution is 7.47. The van der Waals surface area contributed by atoms with Crippen molar-refractivity contribution >= 4 is 19.8 Å². The lowest BCUT2D eigenvalue weighted by molar-refractivity contribution is -0.161. The Morgan fingerprint density at radius 2 is 0.902 bits per heavy atom. The van der Waals surface area contributed by atoms with Gasteiger partial charge >= 0.3 is 19.8 Å². The summed E-state index contributed by atoms with van der Waals surface area (Å²) in [5.74, 6) is -0.870. The van der Waals surface area contributed by atoms with Crippen LogP contribution in [0.25, 0.3) is 0 Å². The Balaban J connectivity index is 4.14. The van der Waals surface area contributed by atoms with E-state index in [1.165, 1.54) is 103 Å². The molecular weight excluding hydrogens is 786 g/mol. The van der Waals surface area contributed by atoms with Crippen LogP contribution >= 0.6 is 7.82 Å². The highest BCUT2D eigenvalue weighted by Gasteiger charge is 2.26. The maximum atomic E-state index is 12.6. The summed E-state index contributed by atoms with van der Waals surface area (Å²) in [6.07, 6.45) is 57.9. The third kappa shape index (κ3) is 46.8. The van der Waals surface area contributed by atoms with E-state index in [0.29, 0.717) is 6.42 Å². The summed E-state index contributed by atoms with van der Waals surface area (Å²) in [7, 11) is -4.39. The highest BCUT2D eigenvalue weighted by atomic mass is 31.2. The molecule has 0 saturated carbocycles. The molecule has 2 unspecified atom stereocenters. The van der Waals surface area contributed by atoms with Crippen LogP contribution in [-0.4, -0.2) is 49.3 Å². The molecule has 0 aromatic carbocycles. The first-order valence-electron chi connectivity index (χ1n) is 24.4. The van der Waals surface area contributed by atoms with Gasteiger partial charge in [-0.25, -0.2) is 4.57 Å². The average molecular weight is 876 g/mol. The molecule has 0 aliphatic carbocycles. The fraction of sp³-hybridized carbons (Fsp3) is 0.725. The largest absolute Gasteiger partial charge is 0.472 e. The van der Waals surface area contributed by atoms with Crippen molar-refractivity contribution in [1.82, 2.24) is 0 Å². The lowest BCUT2D eigenvalue weighted by Crippen LogP contribution is -2.29. The Hall–Kier alpha value is -2.55. The molecule has 61 heavy (non-hydrogen) atoms. The molecule has 0 aliphatic heterocycles. The molecular formula is C51H90NO8P. The number of carbonyl (C=O) groups is 2. The number of unbranched alkanes of at least 4 members (excludes halogenated alkanes) is 20. The fourth-order valence-electron chi connectivity index (χ4n) is 6.48. The second kappa shape index (κ2) is 46.9. The lowest BCUT2D eigenvalue weighted by Gasteiger charge is -2.19. The van der Waals surface area contributed by atoms with Gasteiger partial charge in [0.15, 0.2) is 6.10 Å². The van der Waals surface area contributed by atoms with Crippen LogP contribution in [0.4, 0.5) is 0 Å². The molecule has 0 aromatic heterocycles. The van der Waals surface area contributed by atoms with E-state index in [4.69, 9.17) is 24.3 Å². The number of nitrogens with two attached hydrogens (primary N) is 1. The second-order valence-corrected chi connectivity index (χ2v) is 17.4. The molecule has 0 aromatic rings. The molecule has 10 heteroatoms. The third-order valence-electron chi connectivity index (χ3n) is 10.1. The van der Waals surface area contributed by atoms with Crippen molar-refractivity contribution in [2.75, 3.05) is 26.4 Å².